The zero-order valence-corrected chi connectivity index (χ0v) is 12.7. The number of hydrogen-bond acceptors (Lipinski definition) is 1. The fourth-order valence-electron chi connectivity index (χ4n) is 3.34. The highest BCUT2D eigenvalue weighted by Crippen LogP contribution is 2.31. The molecule has 0 spiro atoms. The van der Waals surface area contributed by atoms with E-state index in [1.54, 1.807) is 0 Å². The molecule has 1 saturated carbocycles. The molecule has 0 aliphatic heterocycles. The van der Waals surface area contributed by atoms with Crippen molar-refractivity contribution in [3.8, 4) is 0 Å². The average Bonchev–Trinajstić information content (AvgIpc) is 2.86. The summed E-state index contributed by atoms with van der Waals surface area (Å²) < 4.78 is 0. The van der Waals surface area contributed by atoms with E-state index >= 15 is 0 Å². The van der Waals surface area contributed by atoms with Crippen molar-refractivity contribution in [3.05, 3.63) is 35.9 Å². The highest BCUT2D eigenvalue weighted by molar-refractivity contribution is 5.19. The summed E-state index contributed by atoms with van der Waals surface area (Å²) in [5.41, 5.74) is 1.45. The topological polar surface area (TPSA) is 12.0 Å². The molecule has 3 atom stereocenters. The van der Waals surface area contributed by atoms with Crippen LogP contribution in [-0.4, -0.2) is 6.04 Å². The van der Waals surface area contributed by atoms with Gasteiger partial charge in [-0.3, -0.25) is 0 Å². The van der Waals surface area contributed by atoms with Gasteiger partial charge in [-0.1, -0.05) is 57.5 Å². The monoisotopic (exact) mass is 259 g/mol. The maximum atomic E-state index is 3.93. The van der Waals surface area contributed by atoms with E-state index in [0.717, 1.165) is 17.9 Å². The molecule has 1 N–H and O–H groups in total. The normalized spacial score (nSPS) is 24.8. The lowest BCUT2D eigenvalue weighted by molar-refractivity contribution is 0.371. The fourth-order valence-corrected chi connectivity index (χ4v) is 3.34. The Morgan fingerprint density at radius 1 is 1.16 bits per heavy atom. The standard InChI is InChI=1S/C18H29N/c1-4-15-10-11-17(13-15)19-18(12-14(2)3)16-8-6-5-7-9-16/h5-9,14-15,17-19H,4,10-13H2,1-3H3. The molecule has 1 aromatic rings. The number of rotatable bonds is 6. The van der Waals surface area contributed by atoms with Crippen LogP contribution in [0.1, 0.15) is 64.5 Å². The summed E-state index contributed by atoms with van der Waals surface area (Å²) in [6, 6.07) is 12.2. The molecule has 0 amide bonds. The van der Waals surface area contributed by atoms with Crippen LogP contribution in [0.25, 0.3) is 0 Å². The van der Waals surface area contributed by atoms with Gasteiger partial charge in [0.1, 0.15) is 0 Å². The molecule has 0 saturated heterocycles. The summed E-state index contributed by atoms with van der Waals surface area (Å²) in [5.74, 6) is 1.69. The zero-order valence-electron chi connectivity index (χ0n) is 12.7. The predicted octanol–water partition coefficient (Wildman–Crippen LogP) is 4.94. The quantitative estimate of drug-likeness (QED) is 0.763. The lowest BCUT2D eigenvalue weighted by Gasteiger charge is -2.25. The summed E-state index contributed by atoms with van der Waals surface area (Å²) in [6.07, 6.45) is 6.73. The van der Waals surface area contributed by atoms with E-state index in [-0.39, 0.29) is 0 Å². The molecule has 1 nitrogen and oxygen atoms in total. The van der Waals surface area contributed by atoms with E-state index < -0.39 is 0 Å². The van der Waals surface area contributed by atoms with Crippen LogP contribution in [0.3, 0.4) is 0 Å². The minimum Gasteiger partial charge on any atom is -0.307 e. The summed E-state index contributed by atoms with van der Waals surface area (Å²) in [5, 5.41) is 3.93. The van der Waals surface area contributed by atoms with E-state index in [1.807, 2.05) is 0 Å². The Bertz CT molecular complexity index is 357. The molecule has 0 bridgehead atoms. The molecular formula is C18H29N. The summed E-state index contributed by atoms with van der Waals surface area (Å²) in [7, 11) is 0. The summed E-state index contributed by atoms with van der Waals surface area (Å²) in [4.78, 5) is 0. The second-order valence-electron chi connectivity index (χ2n) is 6.54. The molecule has 0 radical (unpaired) electrons. The lowest BCUT2D eigenvalue weighted by Crippen LogP contribution is -2.31. The van der Waals surface area contributed by atoms with Crippen LogP contribution in [0.4, 0.5) is 0 Å². The van der Waals surface area contributed by atoms with Gasteiger partial charge in [-0.2, -0.15) is 0 Å². The highest BCUT2D eigenvalue weighted by atomic mass is 15.0. The number of hydrogen-bond donors (Lipinski definition) is 1. The summed E-state index contributed by atoms with van der Waals surface area (Å²) >= 11 is 0. The van der Waals surface area contributed by atoms with Crippen LogP contribution in [0.5, 0.6) is 0 Å². The van der Waals surface area contributed by atoms with Crippen LogP contribution in [0, 0.1) is 11.8 Å². The molecule has 0 aromatic heterocycles. The van der Waals surface area contributed by atoms with Gasteiger partial charge in [0, 0.05) is 12.1 Å². The molecule has 1 heteroatoms. The van der Waals surface area contributed by atoms with Gasteiger partial charge in [0.05, 0.1) is 0 Å². The molecule has 1 aromatic carbocycles. The van der Waals surface area contributed by atoms with Crippen molar-refractivity contribution in [2.45, 2.75) is 65.0 Å². The number of benzene rings is 1. The van der Waals surface area contributed by atoms with Gasteiger partial charge in [0.15, 0.2) is 0 Å². The molecule has 2 rings (SSSR count). The first-order valence-corrected chi connectivity index (χ1v) is 8.00. The third kappa shape index (κ3) is 4.35. The smallest absolute Gasteiger partial charge is 0.0325 e. The van der Waals surface area contributed by atoms with Crippen LogP contribution in [-0.2, 0) is 0 Å². The molecule has 3 unspecified atom stereocenters. The van der Waals surface area contributed by atoms with Crippen molar-refractivity contribution < 1.29 is 0 Å². The third-order valence-corrected chi connectivity index (χ3v) is 4.46. The zero-order chi connectivity index (χ0) is 13.7. The molecule has 1 fully saturated rings. The highest BCUT2D eigenvalue weighted by Gasteiger charge is 2.26. The van der Waals surface area contributed by atoms with E-state index in [1.165, 1.54) is 37.7 Å². The van der Waals surface area contributed by atoms with E-state index in [0.29, 0.717) is 6.04 Å². The van der Waals surface area contributed by atoms with Crippen molar-refractivity contribution in [3.63, 3.8) is 0 Å². The Balaban J connectivity index is 1.99. The van der Waals surface area contributed by atoms with E-state index in [2.05, 4.69) is 56.4 Å². The van der Waals surface area contributed by atoms with Crippen LogP contribution >= 0.6 is 0 Å². The van der Waals surface area contributed by atoms with Crippen molar-refractivity contribution in [1.82, 2.24) is 5.32 Å². The molecule has 1 aliphatic carbocycles. The van der Waals surface area contributed by atoms with Crippen molar-refractivity contribution in [2.24, 2.45) is 11.8 Å². The average molecular weight is 259 g/mol. The second-order valence-corrected chi connectivity index (χ2v) is 6.54. The van der Waals surface area contributed by atoms with Crippen molar-refractivity contribution >= 4 is 0 Å². The maximum absolute atomic E-state index is 3.93. The predicted molar refractivity (Wildman–Crippen MR) is 83.2 cm³/mol. The van der Waals surface area contributed by atoms with Gasteiger partial charge < -0.3 is 5.32 Å². The van der Waals surface area contributed by atoms with Crippen LogP contribution in [0.15, 0.2) is 30.3 Å². The Hall–Kier alpha value is -0.820. The van der Waals surface area contributed by atoms with Crippen molar-refractivity contribution in [2.75, 3.05) is 0 Å². The summed E-state index contributed by atoms with van der Waals surface area (Å²) in [6.45, 7) is 6.97. The molecule has 106 valence electrons. The minimum absolute atomic E-state index is 0.529. The fraction of sp³-hybridized carbons (Fsp3) is 0.667. The Kier molecular flexibility index (Phi) is 5.45. The Morgan fingerprint density at radius 2 is 1.89 bits per heavy atom. The Labute approximate surface area is 118 Å². The third-order valence-electron chi connectivity index (χ3n) is 4.46. The molecular weight excluding hydrogens is 230 g/mol. The van der Waals surface area contributed by atoms with Crippen LogP contribution < -0.4 is 5.32 Å². The largest absolute Gasteiger partial charge is 0.307 e. The van der Waals surface area contributed by atoms with Crippen molar-refractivity contribution in [1.29, 1.82) is 0 Å². The van der Waals surface area contributed by atoms with Gasteiger partial charge in [-0.15, -0.1) is 0 Å². The van der Waals surface area contributed by atoms with Gasteiger partial charge >= 0.3 is 0 Å². The maximum Gasteiger partial charge on any atom is 0.0325 e. The number of nitrogens with one attached hydrogen (secondary N) is 1. The van der Waals surface area contributed by atoms with Gasteiger partial charge in [0.25, 0.3) is 0 Å². The van der Waals surface area contributed by atoms with E-state index in [9.17, 15) is 0 Å². The first kappa shape index (κ1) is 14.6. The molecule has 0 heterocycles. The Morgan fingerprint density at radius 3 is 2.47 bits per heavy atom. The van der Waals surface area contributed by atoms with Gasteiger partial charge in [-0.25, -0.2) is 0 Å². The lowest BCUT2D eigenvalue weighted by atomic mass is 9.96. The van der Waals surface area contributed by atoms with Crippen LogP contribution in [0.2, 0.25) is 0 Å². The van der Waals surface area contributed by atoms with Gasteiger partial charge in [-0.05, 0) is 43.1 Å². The molecule has 19 heavy (non-hydrogen) atoms. The SMILES string of the molecule is CCC1CCC(NC(CC(C)C)c2ccccc2)C1. The second kappa shape index (κ2) is 7.09. The van der Waals surface area contributed by atoms with E-state index in [4.69, 9.17) is 0 Å². The first-order valence-electron chi connectivity index (χ1n) is 8.00. The first-order chi connectivity index (χ1) is 9.19. The molecule has 1 aliphatic rings. The van der Waals surface area contributed by atoms with Gasteiger partial charge in [0.2, 0.25) is 0 Å². The minimum atomic E-state index is 0.529.